The largest absolute Gasteiger partial charge is 0.454 e. The Balaban J connectivity index is 1.23. The van der Waals surface area contributed by atoms with Crippen molar-refractivity contribution in [3.63, 3.8) is 0 Å². The predicted octanol–water partition coefficient (Wildman–Crippen LogP) is 7.42. The van der Waals surface area contributed by atoms with Gasteiger partial charge in [0.25, 0.3) is 11.4 Å². The van der Waals surface area contributed by atoms with E-state index in [-0.39, 0.29) is 11.4 Å². The van der Waals surface area contributed by atoms with Gasteiger partial charge in [-0.05, 0) is 48.5 Å². The first-order valence-corrected chi connectivity index (χ1v) is 12.1. The zero-order chi connectivity index (χ0) is 24.8. The number of aromatic nitrogens is 2. The van der Waals surface area contributed by atoms with Crippen molar-refractivity contribution < 1.29 is 18.7 Å². The molecule has 0 aliphatic rings. The van der Waals surface area contributed by atoms with E-state index in [1.807, 2.05) is 12.1 Å². The SMILES string of the molecule is O=[N+]([O-])c1ccc(-c2ccc(-c3nc4sc(-c5ccc(-c6ccc([N+](=O)[O-])cc6)o5)nc4s3)o2)cc1. The van der Waals surface area contributed by atoms with Gasteiger partial charge in [0.05, 0.1) is 9.85 Å². The maximum Gasteiger partial charge on any atom is 0.269 e. The first-order valence-electron chi connectivity index (χ1n) is 10.4. The summed E-state index contributed by atoms with van der Waals surface area (Å²) in [5, 5.41) is 23.1. The number of rotatable bonds is 6. The second-order valence-electron chi connectivity index (χ2n) is 7.58. The molecule has 0 saturated heterocycles. The molecule has 4 heterocycles. The third-order valence-electron chi connectivity index (χ3n) is 5.33. The van der Waals surface area contributed by atoms with E-state index in [1.54, 1.807) is 36.4 Å². The van der Waals surface area contributed by atoms with Crippen molar-refractivity contribution in [1.29, 1.82) is 0 Å². The number of nitrogens with zero attached hydrogens (tertiary/aromatic N) is 4. The number of nitro groups is 2. The predicted molar refractivity (Wildman–Crippen MR) is 135 cm³/mol. The zero-order valence-corrected chi connectivity index (χ0v) is 19.6. The Bertz CT molecular complexity index is 1590. The summed E-state index contributed by atoms with van der Waals surface area (Å²) < 4.78 is 11.9. The van der Waals surface area contributed by atoms with Crippen LogP contribution in [0.1, 0.15) is 0 Å². The van der Waals surface area contributed by atoms with Gasteiger partial charge in [-0.25, -0.2) is 9.97 Å². The molecule has 10 nitrogen and oxygen atoms in total. The Labute approximate surface area is 209 Å². The number of hydrogen-bond acceptors (Lipinski definition) is 10. The summed E-state index contributed by atoms with van der Waals surface area (Å²) in [5.41, 5.74) is 1.49. The maximum absolute atomic E-state index is 10.9. The molecule has 36 heavy (non-hydrogen) atoms. The lowest BCUT2D eigenvalue weighted by Gasteiger charge is -1.97. The lowest BCUT2D eigenvalue weighted by atomic mass is 10.1. The van der Waals surface area contributed by atoms with Crippen molar-refractivity contribution in [2.45, 2.75) is 0 Å². The number of thiazole rings is 2. The Hall–Kier alpha value is -4.68. The first kappa shape index (κ1) is 21.8. The fourth-order valence-corrected chi connectivity index (χ4v) is 5.53. The van der Waals surface area contributed by atoms with Crippen LogP contribution in [-0.4, -0.2) is 19.8 Å². The third kappa shape index (κ3) is 3.93. The van der Waals surface area contributed by atoms with Crippen molar-refractivity contribution in [3.05, 3.63) is 93.0 Å². The summed E-state index contributed by atoms with van der Waals surface area (Å²) in [6, 6.07) is 19.5. The molecule has 4 aromatic heterocycles. The van der Waals surface area contributed by atoms with Gasteiger partial charge in [0.1, 0.15) is 11.5 Å². The minimum Gasteiger partial charge on any atom is -0.454 e. The monoisotopic (exact) mass is 516 g/mol. The smallest absolute Gasteiger partial charge is 0.269 e. The van der Waals surface area contributed by atoms with Crippen LogP contribution in [0.5, 0.6) is 0 Å². The molecule has 0 bridgehead atoms. The highest BCUT2D eigenvalue weighted by molar-refractivity contribution is 7.29. The molecule has 2 aromatic carbocycles. The Kier molecular flexibility index (Phi) is 5.16. The topological polar surface area (TPSA) is 138 Å². The lowest BCUT2D eigenvalue weighted by molar-refractivity contribution is -0.385. The molecule has 0 fully saturated rings. The Morgan fingerprint density at radius 1 is 0.556 bits per heavy atom. The molecule has 176 valence electrons. The average molecular weight is 517 g/mol. The van der Waals surface area contributed by atoms with E-state index in [9.17, 15) is 20.2 Å². The summed E-state index contributed by atoms with van der Waals surface area (Å²) in [6.45, 7) is 0. The molecule has 0 N–H and O–H groups in total. The van der Waals surface area contributed by atoms with Crippen molar-refractivity contribution in [1.82, 2.24) is 9.97 Å². The van der Waals surface area contributed by atoms with Gasteiger partial charge in [0.15, 0.2) is 31.2 Å². The molecule has 0 aliphatic heterocycles. The van der Waals surface area contributed by atoms with Crippen LogP contribution >= 0.6 is 22.7 Å². The van der Waals surface area contributed by atoms with Crippen LogP contribution in [0.3, 0.4) is 0 Å². The van der Waals surface area contributed by atoms with E-state index in [1.165, 1.54) is 46.9 Å². The molecule has 12 heteroatoms. The van der Waals surface area contributed by atoms with Crippen LogP contribution < -0.4 is 0 Å². The highest BCUT2D eigenvalue weighted by atomic mass is 32.1. The molecule has 0 atom stereocenters. The van der Waals surface area contributed by atoms with E-state index >= 15 is 0 Å². The molecule has 6 rings (SSSR count). The Morgan fingerprint density at radius 2 is 0.917 bits per heavy atom. The number of fused-ring (bicyclic) bond motifs is 1. The molecule has 0 saturated carbocycles. The number of nitro benzene ring substituents is 2. The van der Waals surface area contributed by atoms with Crippen molar-refractivity contribution in [2.75, 3.05) is 0 Å². The van der Waals surface area contributed by atoms with Gasteiger partial charge in [-0.15, -0.1) is 0 Å². The van der Waals surface area contributed by atoms with Gasteiger partial charge in [0.2, 0.25) is 0 Å². The van der Waals surface area contributed by atoms with Crippen LogP contribution in [0, 0.1) is 20.2 Å². The molecular formula is C24H12N4O6S2. The van der Waals surface area contributed by atoms with Crippen LogP contribution in [0.2, 0.25) is 0 Å². The highest BCUT2D eigenvalue weighted by Gasteiger charge is 2.18. The van der Waals surface area contributed by atoms with Crippen molar-refractivity contribution in [2.24, 2.45) is 0 Å². The van der Waals surface area contributed by atoms with Crippen molar-refractivity contribution in [3.8, 4) is 44.2 Å². The molecule has 0 radical (unpaired) electrons. The van der Waals surface area contributed by atoms with Crippen molar-refractivity contribution >= 4 is 43.7 Å². The summed E-state index contributed by atoms with van der Waals surface area (Å²) in [6.07, 6.45) is 0. The van der Waals surface area contributed by atoms with Gasteiger partial charge in [0, 0.05) is 35.4 Å². The zero-order valence-electron chi connectivity index (χ0n) is 18.0. The maximum atomic E-state index is 10.9. The van der Waals surface area contributed by atoms with Gasteiger partial charge < -0.3 is 8.83 Å². The van der Waals surface area contributed by atoms with E-state index in [0.29, 0.717) is 33.1 Å². The van der Waals surface area contributed by atoms with Crippen LogP contribution in [0.15, 0.2) is 81.6 Å². The van der Waals surface area contributed by atoms with Crippen LogP contribution in [-0.2, 0) is 0 Å². The van der Waals surface area contributed by atoms with Gasteiger partial charge in [-0.3, -0.25) is 20.2 Å². The van der Waals surface area contributed by atoms with Crippen LogP contribution in [0.4, 0.5) is 11.4 Å². The van der Waals surface area contributed by atoms with Gasteiger partial charge in [-0.2, -0.15) is 0 Å². The third-order valence-corrected chi connectivity index (χ3v) is 7.39. The molecule has 6 aromatic rings. The van der Waals surface area contributed by atoms with E-state index in [4.69, 9.17) is 8.83 Å². The number of furan rings is 2. The van der Waals surface area contributed by atoms with Gasteiger partial charge in [-0.1, -0.05) is 22.7 Å². The summed E-state index contributed by atoms with van der Waals surface area (Å²) in [7, 11) is 0. The number of hydrogen-bond donors (Lipinski definition) is 0. The van der Waals surface area contributed by atoms with E-state index in [0.717, 1.165) is 20.8 Å². The molecule has 0 unspecified atom stereocenters. The second-order valence-corrected chi connectivity index (χ2v) is 9.54. The minimum atomic E-state index is -0.444. The lowest BCUT2D eigenvalue weighted by Crippen LogP contribution is -1.86. The number of benzene rings is 2. The Morgan fingerprint density at radius 3 is 1.28 bits per heavy atom. The minimum absolute atomic E-state index is 0.0176. The molecule has 0 spiro atoms. The van der Waals surface area contributed by atoms with E-state index in [2.05, 4.69) is 9.97 Å². The molecule has 0 aliphatic carbocycles. The normalized spacial score (nSPS) is 11.2. The standard InChI is InChI=1S/C24H12N4O6S2/c29-27(30)15-5-1-13(2-6-15)17-9-11-19(33-17)21-25-23-24(35-21)26-22(36-23)20-12-10-18(34-20)14-3-7-16(8-4-14)28(31)32/h1-12H. The summed E-state index contributed by atoms with van der Waals surface area (Å²) in [4.78, 5) is 31.6. The average Bonchev–Trinajstić information content (AvgIpc) is 3.67. The summed E-state index contributed by atoms with van der Waals surface area (Å²) in [5.74, 6) is 2.33. The number of non-ortho nitro benzene ring substituents is 2. The molecular weight excluding hydrogens is 504 g/mol. The fraction of sp³-hybridized carbons (Fsp3) is 0. The summed E-state index contributed by atoms with van der Waals surface area (Å²) >= 11 is 2.78. The first-order chi connectivity index (χ1) is 17.4. The van der Waals surface area contributed by atoms with E-state index < -0.39 is 9.85 Å². The van der Waals surface area contributed by atoms with Crippen LogP contribution in [0.25, 0.3) is 53.8 Å². The molecule has 0 amide bonds. The van der Waals surface area contributed by atoms with Gasteiger partial charge >= 0.3 is 0 Å². The second kappa shape index (κ2) is 8.52. The highest BCUT2D eigenvalue weighted by Crippen LogP contribution is 2.39. The fourth-order valence-electron chi connectivity index (χ4n) is 3.56. The quantitative estimate of drug-likeness (QED) is 0.165.